The molecule has 0 radical (unpaired) electrons. The van der Waals surface area contributed by atoms with Gasteiger partial charge in [-0.3, -0.25) is 0 Å². The Bertz CT molecular complexity index is 728. The standard InChI is InChI=1S/C15H24F3N5O2S.HI/c1-3-19-14(20-10-12-4-7-22(2)11-12)21-13-5-8-23(9-6-13)26(24,25)15(16,17)18;/h4,7,11,13H,3,5-6,8-10H2,1-2H3,(H2,19,20,21);1H. The largest absolute Gasteiger partial charge is 0.511 e. The van der Waals surface area contributed by atoms with E-state index in [0.717, 1.165) is 5.56 Å². The molecule has 0 bridgehead atoms. The maximum atomic E-state index is 12.6. The number of hydrogen-bond donors (Lipinski definition) is 2. The quantitative estimate of drug-likeness (QED) is 0.352. The smallest absolute Gasteiger partial charge is 0.357 e. The van der Waals surface area contributed by atoms with Gasteiger partial charge < -0.3 is 15.2 Å². The number of nitrogens with zero attached hydrogens (tertiary/aromatic N) is 3. The zero-order valence-corrected chi connectivity index (χ0v) is 18.3. The van der Waals surface area contributed by atoms with Crippen LogP contribution in [0.5, 0.6) is 0 Å². The molecule has 1 aliphatic heterocycles. The number of sulfonamides is 1. The topological polar surface area (TPSA) is 78.7 Å². The molecule has 27 heavy (non-hydrogen) atoms. The molecule has 2 N–H and O–H groups in total. The molecule has 0 atom stereocenters. The Morgan fingerprint density at radius 2 is 1.96 bits per heavy atom. The Kier molecular flexibility index (Phi) is 8.86. The Balaban J connectivity index is 0.00000364. The van der Waals surface area contributed by atoms with Crippen molar-refractivity contribution in [2.75, 3.05) is 19.6 Å². The number of nitrogens with one attached hydrogen (secondary N) is 2. The number of aliphatic imine (C=N–C) groups is 1. The Morgan fingerprint density at radius 3 is 2.44 bits per heavy atom. The van der Waals surface area contributed by atoms with Crippen LogP contribution in [0.2, 0.25) is 0 Å². The Hall–Kier alpha value is -1.02. The predicted molar refractivity (Wildman–Crippen MR) is 108 cm³/mol. The third-order valence-electron chi connectivity index (χ3n) is 4.08. The van der Waals surface area contributed by atoms with Gasteiger partial charge >= 0.3 is 15.5 Å². The van der Waals surface area contributed by atoms with Gasteiger partial charge in [-0.25, -0.2) is 13.4 Å². The van der Waals surface area contributed by atoms with E-state index >= 15 is 0 Å². The van der Waals surface area contributed by atoms with Crippen molar-refractivity contribution in [3.05, 3.63) is 24.0 Å². The molecule has 0 saturated carbocycles. The van der Waals surface area contributed by atoms with Crippen LogP contribution < -0.4 is 10.6 Å². The van der Waals surface area contributed by atoms with Crippen molar-refractivity contribution < 1.29 is 21.6 Å². The number of halogens is 4. The van der Waals surface area contributed by atoms with E-state index < -0.39 is 15.5 Å². The fourth-order valence-electron chi connectivity index (χ4n) is 2.73. The van der Waals surface area contributed by atoms with Crippen molar-refractivity contribution in [2.45, 2.75) is 37.9 Å². The zero-order chi connectivity index (χ0) is 19.4. The molecule has 1 saturated heterocycles. The average molecular weight is 523 g/mol. The van der Waals surface area contributed by atoms with Crippen molar-refractivity contribution in [3.63, 3.8) is 0 Å². The summed E-state index contributed by atoms with van der Waals surface area (Å²) >= 11 is 0. The van der Waals surface area contributed by atoms with Crippen LogP contribution in [0.15, 0.2) is 23.5 Å². The lowest BCUT2D eigenvalue weighted by atomic mass is 10.1. The average Bonchev–Trinajstić information content (AvgIpc) is 2.98. The SMILES string of the molecule is CCNC(=NCc1ccn(C)c1)NC1CCN(S(=O)(=O)C(F)(F)F)CC1.I. The first-order chi connectivity index (χ1) is 12.1. The van der Waals surface area contributed by atoms with Gasteiger partial charge in [-0.1, -0.05) is 0 Å². The molecule has 0 spiro atoms. The predicted octanol–water partition coefficient (Wildman–Crippen LogP) is 2.01. The minimum atomic E-state index is -5.25. The summed E-state index contributed by atoms with van der Waals surface area (Å²) in [5, 5.41) is 6.27. The summed E-state index contributed by atoms with van der Waals surface area (Å²) in [5.74, 6) is 0.563. The van der Waals surface area contributed by atoms with Gasteiger partial charge in [0.05, 0.1) is 6.54 Å². The van der Waals surface area contributed by atoms with Gasteiger partial charge in [-0.15, -0.1) is 24.0 Å². The molecule has 1 fully saturated rings. The molecule has 0 unspecified atom stereocenters. The molecule has 1 aliphatic rings. The first-order valence-corrected chi connectivity index (χ1v) is 9.79. The van der Waals surface area contributed by atoms with E-state index in [9.17, 15) is 21.6 Å². The molecule has 2 rings (SSSR count). The molecule has 0 amide bonds. The third-order valence-corrected chi connectivity index (χ3v) is 5.71. The van der Waals surface area contributed by atoms with Crippen LogP contribution in [-0.2, 0) is 23.6 Å². The van der Waals surface area contributed by atoms with Crippen molar-refractivity contribution in [1.29, 1.82) is 0 Å². The fourth-order valence-corrected chi connectivity index (χ4v) is 3.71. The van der Waals surface area contributed by atoms with Gasteiger partial charge in [-0.2, -0.15) is 17.5 Å². The monoisotopic (exact) mass is 523 g/mol. The molecule has 0 aliphatic carbocycles. The van der Waals surface area contributed by atoms with Gasteiger partial charge in [0.25, 0.3) is 0 Å². The minimum Gasteiger partial charge on any atom is -0.357 e. The summed E-state index contributed by atoms with van der Waals surface area (Å²) in [6.07, 6.45) is 4.44. The van der Waals surface area contributed by atoms with Crippen molar-refractivity contribution in [3.8, 4) is 0 Å². The van der Waals surface area contributed by atoms with Crippen LogP contribution in [0.3, 0.4) is 0 Å². The van der Waals surface area contributed by atoms with E-state index in [0.29, 0.717) is 23.4 Å². The summed E-state index contributed by atoms with van der Waals surface area (Å²) in [4.78, 5) is 4.47. The molecule has 0 aromatic carbocycles. The summed E-state index contributed by atoms with van der Waals surface area (Å²) in [6.45, 7) is 2.69. The number of hydrogen-bond acceptors (Lipinski definition) is 3. The van der Waals surface area contributed by atoms with E-state index in [1.165, 1.54) is 0 Å². The van der Waals surface area contributed by atoms with Crippen LogP contribution in [0, 0.1) is 0 Å². The second kappa shape index (κ2) is 9.96. The lowest BCUT2D eigenvalue weighted by Crippen LogP contribution is -2.51. The molecule has 12 heteroatoms. The third kappa shape index (κ3) is 6.52. The highest BCUT2D eigenvalue weighted by molar-refractivity contribution is 14.0. The number of alkyl halides is 3. The van der Waals surface area contributed by atoms with Gasteiger partial charge in [0.1, 0.15) is 0 Å². The van der Waals surface area contributed by atoms with E-state index in [1.807, 2.05) is 37.0 Å². The van der Waals surface area contributed by atoms with Crippen molar-refractivity contribution in [1.82, 2.24) is 19.5 Å². The van der Waals surface area contributed by atoms with Crippen LogP contribution in [-0.4, -0.2) is 54.4 Å². The molecular weight excluding hydrogens is 498 g/mol. The van der Waals surface area contributed by atoms with Crippen molar-refractivity contribution in [2.24, 2.45) is 12.0 Å². The normalized spacial score (nSPS) is 17.4. The second-order valence-electron chi connectivity index (χ2n) is 6.15. The first kappa shape index (κ1) is 24.0. The lowest BCUT2D eigenvalue weighted by molar-refractivity contribution is -0.0494. The van der Waals surface area contributed by atoms with E-state index in [-0.39, 0.29) is 55.9 Å². The van der Waals surface area contributed by atoms with E-state index in [1.54, 1.807) is 0 Å². The number of rotatable bonds is 5. The molecule has 156 valence electrons. The van der Waals surface area contributed by atoms with Crippen LogP contribution >= 0.6 is 24.0 Å². The molecule has 1 aromatic rings. The van der Waals surface area contributed by atoms with Gasteiger partial charge in [0.15, 0.2) is 5.96 Å². The summed E-state index contributed by atoms with van der Waals surface area (Å²) in [5.41, 5.74) is -4.21. The number of guanidine groups is 1. The molecular formula is C15H25F3IN5O2S. The van der Waals surface area contributed by atoms with Gasteiger partial charge in [-0.05, 0) is 31.4 Å². The van der Waals surface area contributed by atoms with Gasteiger partial charge in [0.2, 0.25) is 0 Å². The van der Waals surface area contributed by atoms with E-state index in [2.05, 4.69) is 15.6 Å². The van der Waals surface area contributed by atoms with Crippen molar-refractivity contribution >= 4 is 40.0 Å². The maximum absolute atomic E-state index is 12.6. The highest BCUT2D eigenvalue weighted by atomic mass is 127. The second-order valence-corrected chi connectivity index (χ2v) is 8.08. The Labute approximate surface area is 174 Å². The molecule has 2 heterocycles. The van der Waals surface area contributed by atoms with E-state index in [4.69, 9.17) is 0 Å². The summed E-state index contributed by atoms with van der Waals surface area (Å²) < 4.78 is 63.1. The molecule has 1 aromatic heterocycles. The summed E-state index contributed by atoms with van der Waals surface area (Å²) in [7, 11) is -3.33. The zero-order valence-electron chi connectivity index (χ0n) is 15.2. The molecule has 7 nitrogen and oxygen atoms in total. The Morgan fingerprint density at radius 1 is 1.33 bits per heavy atom. The fraction of sp³-hybridized carbons (Fsp3) is 0.667. The lowest BCUT2D eigenvalue weighted by Gasteiger charge is -2.32. The number of piperidine rings is 1. The van der Waals surface area contributed by atoms with Crippen LogP contribution in [0.25, 0.3) is 0 Å². The summed E-state index contributed by atoms with van der Waals surface area (Å²) in [6, 6.07) is 1.82. The maximum Gasteiger partial charge on any atom is 0.511 e. The van der Waals surface area contributed by atoms with Crippen LogP contribution in [0.1, 0.15) is 25.3 Å². The first-order valence-electron chi connectivity index (χ1n) is 8.35. The van der Waals surface area contributed by atoms with Gasteiger partial charge in [0, 0.05) is 45.1 Å². The number of aromatic nitrogens is 1. The highest BCUT2D eigenvalue weighted by Gasteiger charge is 2.50. The van der Waals surface area contributed by atoms with Crippen LogP contribution in [0.4, 0.5) is 13.2 Å². The highest BCUT2D eigenvalue weighted by Crippen LogP contribution is 2.28. The minimum absolute atomic E-state index is 0. The number of aryl methyl sites for hydroxylation is 1.